The summed E-state index contributed by atoms with van der Waals surface area (Å²) < 4.78 is 11.3. The van der Waals surface area contributed by atoms with Gasteiger partial charge in [-0.15, -0.1) is 0 Å². The first kappa shape index (κ1) is 24.6. The van der Waals surface area contributed by atoms with Crippen LogP contribution in [-0.2, 0) is 11.2 Å². The number of aliphatic hydroxyl groups is 1. The van der Waals surface area contributed by atoms with Crippen LogP contribution in [-0.4, -0.2) is 45.6 Å². The number of aromatic nitrogens is 3. The van der Waals surface area contributed by atoms with Crippen LogP contribution in [0.15, 0.2) is 60.9 Å². The summed E-state index contributed by atoms with van der Waals surface area (Å²) in [7, 11) is 0. The number of hydrogen-bond donors (Lipinski definition) is 2. The fraction of sp³-hybridized carbons (Fsp3) is 0.357. The van der Waals surface area contributed by atoms with E-state index in [2.05, 4.69) is 32.0 Å². The molecule has 8 heteroatoms. The van der Waals surface area contributed by atoms with Crippen LogP contribution in [0.1, 0.15) is 49.6 Å². The molecular weight excluding hydrogens is 476 g/mol. The van der Waals surface area contributed by atoms with Crippen molar-refractivity contribution in [2.45, 2.75) is 44.9 Å². The van der Waals surface area contributed by atoms with Crippen LogP contribution in [0.3, 0.4) is 0 Å². The number of ether oxygens (including phenoxy) is 2. The average Bonchev–Trinajstić information content (AvgIpc) is 3.24. The van der Waals surface area contributed by atoms with Crippen molar-refractivity contribution in [3.63, 3.8) is 0 Å². The van der Waals surface area contributed by atoms with E-state index in [1.54, 1.807) is 26.2 Å². The van der Waals surface area contributed by atoms with Gasteiger partial charge in [-0.2, -0.15) is 0 Å². The summed E-state index contributed by atoms with van der Waals surface area (Å²) in [6.07, 6.45) is 6.11. The van der Waals surface area contributed by atoms with E-state index >= 15 is 0 Å². The number of nitrogens with one attached hydrogen (secondary N) is 1. The number of halogens is 1. The third-order valence-electron chi connectivity index (χ3n) is 6.36. The molecule has 0 saturated carbocycles. The molecule has 0 bridgehead atoms. The Labute approximate surface area is 216 Å². The maximum Gasteiger partial charge on any atom is 0.226 e. The molecule has 2 aromatic carbocycles. The number of nitrogens with zero attached hydrogens (tertiary/aromatic N) is 3. The SMILES string of the molecule is CC(C)(O)OCCCCOc1ccc([C@H]2c3[nH]c4ccc(Cl)cc4c3CCN2c2ncccn2)cc1. The first-order valence-electron chi connectivity index (χ1n) is 12.3. The standard InChI is InChI=1S/C28H31ClN4O3/c1-28(2,34)36-17-4-3-16-35-21-9-6-19(7-10-21)26-25-22(23-18-20(29)8-11-24(23)32-25)12-15-33(26)27-30-13-5-14-31-27/h5-11,13-14,18,26,32,34H,3-4,12,15-17H2,1-2H3/t26-/m0/s1. The Morgan fingerprint density at radius 1 is 1.08 bits per heavy atom. The van der Waals surface area contributed by atoms with E-state index in [0.717, 1.165) is 53.4 Å². The summed E-state index contributed by atoms with van der Waals surface area (Å²) in [4.78, 5) is 15.0. The quantitative estimate of drug-likeness (QED) is 0.225. The maximum absolute atomic E-state index is 9.62. The molecule has 5 rings (SSSR count). The molecule has 4 aromatic rings. The second-order valence-electron chi connectivity index (χ2n) is 9.52. The van der Waals surface area contributed by atoms with Crippen LogP contribution in [0, 0.1) is 0 Å². The highest BCUT2D eigenvalue weighted by atomic mass is 35.5. The van der Waals surface area contributed by atoms with Gasteiger partial charge in [0.2, 0.25) is 5.95 Å². The van der Waals surface area contributed by atoms with Gasteiger partial charge in [0.15, 0.2) is 5.79 Å². The lowest BCUT2D eigenvalue weighted by molar-refractivity contribution is -0.176. The van der Waals surface area contributed by atoms with E-state index in [9.17, 15) is 5.11 Å². The van der Waals surface area contributed by atoms with Crippen molar-refractivity contribution in [2.24, 2.45) is 0 Å². The minimum absolute atomic E-state index is 0.0599. The molecule has 1 aliphatic rings. The van der Waals surface area contributed by atoms with Gasteiger partial charge in [0.1, 0.15) is 5.75 Å². The third-order valence-corrected chi connectivity index (χ3v) is 6.59. The zero-order valence-electron chi connectivity index (χ0n) is 20.6. The van der Waals surface area contributed by atoms with Gasteiger partial charge in [-0.1, -0.05) is 23.7 Å². The second kappa shape index (κ2) is 10.5. The first-order valence-corrected chi connectivity index (χ1v) is 12.7. The molecular formula is C28H31ClN4O3. The molecule has 188 valence electrons. The molecule has 0 spiro atoms. The number of H-pyrrole nitrogens is 1. The number of rotatable bonds is 9. The van der Waals surface area contributed by atoms with Crippen molar-refractivity contribution in [3.05, 3.63) is 82.8 Å². The molecule has 1 atom stereocenters. The van der Waals surface area contributed by atoms with Crippen molar-refractivity contribution in [1.82, 2.24) is 15.0 Å². The highest BCUT2D eigenvalue weighted by molar-refractivity contribution is 6.31. The van der Waals surface area contributed by atoms with Gasteiger partial charge < -0.3 is 24.5 Å². The van der Waals surface area contributed by atoms with Crippen molar-refractivity contribution >= 4 is 28.5 Å². The van der Waals surface area contributed by atoms with Crippen LogP contribution in [0.2, 0.25) is 5.02 Å². The Balaban J connectivity index is 1.36. The minimum Gasteiger partial charge on any atom is -0.494 e. The van der Waals surface area contributed by atoms with Crippen LogP contribution in [0.4, 0.5) is 5.95 Å². The molecule has 0 unspecified atom stereocenters. The fourth-order valence-electron chi connectivity index (χ4n) is 4.72. The van der Waals surface area contributed by atoms with E-state index in [4.69, 9.17) is 21.1 Å². The summed E-state index contributed by atoms with van der Waals surface area (Å²) in [6, 6.07) is 16.0. The summed E-state index contributed by atoms with van der Waals surface area (Å²) >= 11 is 6.33. The van der Waals surface area contributed by atoms with Crippen molar-refractivity contribution < 1.29 is 14.6 Å². The number of benzene rings is 2. The summed E-state index contributed by atoms with van der Waals surface area (Å²) in [5, 5.41) is 11.5. The Kier molecular flexibility index (Phi) is 7.14. The van der Waals surface area contributed by atoms with Crippen LogP contribution in [0.25, 0.3) is 10.9 Å². The molecule has 2 N–H and O–H groups in total. The van der Waals surface area contributed by atoms with E-state index in [0.29, 0.717) is 19.2 Å². The molecule has 7 nitrogen and oxygen atoms in total. The van der Waals surface area contributed by atoms with Gasteiger partial charge in [-0.05, 0) is 80.6 Å². The van der Waals surface area contributed by atoms with Crippen LogP contribution >= 0.6 is 11.6 Å². The number of hydrogen-bond acceptors (Lipinski definition) is 6. The third kappa shape index (κ3) is 5.48. The van der Waals surface area contributed by atoms with E-state index in [-0.39, 0.29) is 6.04 Å². The Morgan fingerprint density at radius 2 is 1.83 bits per heavy atom. The average molecular weight is 507 g/mol. The first-order chi connectivity index (χ1) is 17.4. The van der Waals surface area contributed by atoms with E-state index in [1.807, 2.05) is 36.4 Å². The van der Waals surface area contributed by atoms with Gasteiger partial charge in [0, 0.05) is 40.6 Å². The topological polar surface area (TPSA) is 83.5 Å². The molecule has 2 aromatic heterocycles. The predicted octanol–water partition coefficient (Wildman–Crippen LogP) is 5.67. The molecule has 1 aliphatic heterocycles. The second-order valence-corrected chi connectivity index (χ2v) is 9.96. The fourth-order valence-corrected chi connectivity index (χ4v) is 4.90. The zero-order valence-corrected chi connectivity index (χ0v) is 21.3. The van der Waals surface area contributed by atoms with Crippen LogP contribution in [0.5, 0.6) is 5.75 Å². The highest BCUT2D eigenvalue weighted by Crippen LogP contribution is 2.40. The van der Waals surface area contributed by atoms with Gasteiger partial charge in [-0.25, -0.2) is 9.97 Å². The zero-order chi connectivity index (χ0) is 25.1. The van der Waals surface area contributed by atoms with E-state index in [1.165, 1.54) is 10.9 Å². The molecule has 0 saturated heterocycles. The largest absolute Gasteiger partial charge is 0.494 e. The number of anilines is 1. The minimum atomic E-state index is -1.09. The van der Waals surface area contributed by atoms with Crippen molar-refractivity contribution in [2.75, 3.05) is 24.7 Å². The molecule has 36 heavy (non-hydrogen) atoms. The van der Waals surface area contributed by atoms with E-state index < -0.39 is 5.79 Å². The van der Waals surface area contributed by atoms with Crippen molar-refractivity contribution in [3.8, 4) is 5.75 Å². The Bertz CT molecular complexity index is 1300. The molecule has 0 amide bonds. The van der Waals surface area contributed by atoms with Gasteiger partial charge in [0.05, 0.1) is 19.3 Å². The van der Waals surface area contributed by atoms with Gasteiger partial charge in [0.25, 0.3) is 0 Å². The smallest absolute Gasteiger partial charge is 0.226 e. The summed E-state index contributed by atoms with van der Waals surface area (Å²) in [5.41, 5.74) is 4.65. The summed E-state index contributed by atoms with van der Waals surface area (Å²) in [5.74, 6) is 0.438. The maximum atomic E-state index is 9.62. The molecule has 0 aliphatic carbocycles. The van der Waals surface area contributed by atoms with Crippen molar-refractivity contribution in [1.29, 1.82) is 0 Å². The number of unbranched alkanes of at least 4 members (excludes halogenated alkanes) is 1. The summed E-state index contributed by atoms with van der Waals surface area (Å²) in [6.45, 7) is 5.16. The normalized spacial score (nSPS) is 15.8. The molecule has 3 heterocycles. The monoisotopic (exact) mass is 506 g/mol. The molecule has 0 radical (unpaired) electrons. The Hall–Kier alpha value is -3.13. The molecule has 0 fully saturated rings. The number of aromatic amines is 1. The number of fused-ring (bicyclic) bond motifs is 3. The lowest BCUT2D eigenvalue weighted by atomic mass is 9.92. The Morgan fingerprint density at radius 3 is 2.58 bits per heavy atom. The lowest BCUT2D eigenvalue weighted by Crippen LogP contribution is -2.37. The highest BCUT2D eigenvalue weighted by Gasteiger charge is 2.33. The van der Waals surface area contributed by atoms with Gasteiger partial charge in [-0.3, -0.25) is 0 Å². The predicted molar refractivity (Wildman–Crippen MR) is 142 cm³/mol. The van der Waals surface area contributed by atoms with Crippen LogP contribution < -0.4 is 9.64 Å². The lowest BCUT2D eigenvalue weighted by Gasteiger charge is -2.36. The van der Waals surface area contributed by atoms with Gasteiger partial charge >= 0.3 is 0 Å².